The van der Waals surface area contributed by atoms with Gasteiger partial charge >= 0.3 is 0 Å². The van der Waals surface area contributed by atoms with Crippen molar-refractivity contribution in [3.05, 3.63) is 63.8 Å². The molecule has 2 heterocycles. The number of hydrogen-bond donors (Lipinski definition) is 0. The molecule has 3 aromatic rings. The third kappa shape index (κ3) is 2.75. The number of rotatable bonds is 3. The van der Waals surface area contributed by atoms with Crippen molar-refractivity contribution < 1.29 is 4.74 Å². The molecule has 2 aromatic carbocycles. The molecule has 1 atom stereocenters. The molecule has 1 aromatic heterocycles. The Morgan fingerprint density at radius 1 is 1.17 bits per heavy atom. The molecule has 3 heteroatoms. The number of aryl methyl sites for hydroxylation is 1. The van der Waals surface area contributed by atoms with E-state index in [1.165, 1.54) is 26.1 Å². The first kappa shape index (κ1) is 14.7. The highest BCUT2D eigenvalue weighted by Crippen LogP contribution is 2.38. The SMILES string of the molecule is CCN1Cc2cc(C)sc2C(Oc2cccc3ccccc23)C1. The molecule has 0 N–H and O–H groups in total. The van der Waals surface area contributed by atoms with Crippen molar-refractivity contribution in [2.24, 2.45) is 0 Å². The number of thiophene rings is 1. The maximum atomic E-state index is 6.51. The molecule has 0 saturated heterocycles. The number of fused-ring (bicyclic) bond motifs is 2. The van der Waals surface area contributed by atoms with Crippen LogP contribution in [0.1, 0.15) is 28.3 Å². The largest absolute Gasteiger partial charge is 0.483 e. The summed E-state index contributed by atoms with van der Waals surface area (Å²) in [6, 6.07) is 17.1. The molecule has 0 bridgehead atoms. The van der Waals surface area contributed by atoms with Crippen LogP contribution in [0.4, 0.5) is 0 Å². The number of likely N-dealkylation sites (N-methyl/N-ethyl adjacent to an activating group) is 1. The summed E-state index contributed by atoms with van der Waals surface area (Å²) in [5.74, 6) is 0.989. The van der Waals surface area contributed by atoms with Gasteiger partial charge in [0.1, 0.15) is 11.9 Å². The standard InChI is InChI=1S/C20H21NOS/c1-3-21-12-16-11-14(2)23-20(16)19(13-21)22-18-10-6-8-15-7-4-5-9-17(15)18/h4-11,19H,3,12-13H2,1-2H3. The predicted molar refractivity (Wildman–Crippen MR) is 97.3 cm³/mol. The van der Waals surface area contributed by atoms with Gasteiger partial charge in [-0.3, -0.25) is 4.90 Å². The van der Waals surface area contributed by atoms with Gasteiger partial charge in [-0.1, -0.05) is 43.3 Å². The van der Waals surface area contributed by atoms with E-state index in [2.05, 4.69) is 67.3 Å². The van der Waals surface area contributed by atoms with Crippen molar-refractivity contribution in [1.29, 1.82) is 0 Å². The molecular weight excluding hydrogens is 302 g/mol. The zero-order chi connectivity index (χ0) is 15.8. The number of benzene rings is 2. The zero-order valence-corrected chi connectivity index (χ0v) is 14.4. The summed E-state index contributed by atoms with van der Waals surface area (Å²) >= 11 is 1.88. The summed E-state index contributed by atoms with van der Waals surface area (Å²) in [5, 5.41) is 2.43. The van der Waals surface area contributed by atoms with Crippen LogP contribution < -0.4 is 4.74 Å². The van der Waals surface area contributed by atoms with Gasteiger partial charge in [-0.25, -0.2) is 0 Å². The molecule has 0 fully saturated rings. The Labute approximate surface area is 141 Å². The summed E-state index contributed by atoms with van der Waals surface area (Å²) in [6.45, 7) is 7.48. The number of nitrogens with zero attached hydrogens (tertiary/aromatic N) is 1. The van der Waals surface area contributed by atoms with E-state index in [1.54, 1.807) is 0 Å². The third-order valence-electron chi connectivity index (χ3n) is 4.54. The first-order valence-corrected chi connectivity index (χ1v) is 9.02. The van der Waals surface area contributed by atoms with Crippen molar-refractivity contribution in [3.63, 3.8) is 0 Å². The minimum Gasteiger partial charge on any atom is -0.483 e. The molecule has 118 valence electrons. The molecule has 1 unspecified atom stereocenters. The van der Waals surface area contributed by atoms with Crippen molar-refractivity contribution >= 4 is 22.1 Å². The topological polar surface area (TPSA) is 12.5 Å². The molecule has 4 rings (SSSR count). The fourth-order valence-electron chi connectivity index (χ4n) is 3.39. The van der Waals surface area contributed by atoms with Crippen molar-refractivity contribution in [2.45, 2.75) is 26.5 Å². The summed E-state index contributed by atoms with van der Waals surface area (Å²) in [4.78, 5) is 5.24. The van der Waals surface area contributed by atoms with Crippen LogP contribution >= 0.6 is 11.3 Å². The van der Waals surface area contributed by atoms with Crippen LogP contribution in [0, 0.1) is 6.92 Å². The smallest absolute Gasteiger partial charge is 0.146 e. The Morgan fingerprint density at radius 2 is 2.00 bits per heavy atom. The molecule has 1 aliphatic heterocycles. The first-order chi connectivity index (χ1) is 11.2. The quantitative estimate of drug-likeness (QED) is 0.659. The number of hydrogen-bond acceptors (Lipinski definition) is 3. The Bertz CT molecular complexity index is 833. The lowest BCUT2D eigenvalue weighted by Crippen LogP contribution is -2.34. The van der Waals surface area contributed by atoms with E-state index in [4.69, 9.17) is 4.74 Å². The van der Waals surface area contributed by atoms with Gasteiger partial charge < -0.3 is 4.74 Å². The molecule has 0 radical (unpaired) electrons. The van der Waals surface area contributed by atoms with Gasteiger partial charge in [-0.2, -0.15) is 0 Å². The van der Waals surface area contributed by atoms with Gasteiger partial charge in [0.05, 0.1) is 4.88 Å². The van der Waals surface area contributed by atoms with E-state index < -0.39 is 0 Å². The van der Waals surface area contributed by atoms with Crippen molar-refractivity contribution in [3.8, 4) is 5.75 Å². The zero-order valence-electron chi connectivity index (χ0n) is 13.6. The highest BCUT2D eigenvalue weighted by molar-refractivity contribution is 7.12. The number of ether oxygens (including phenoxy) is 1. The second-order valence-corrected chi connectivity index (χ2v) is 7.45. The van der Waals surface area contributed by atoms with E-state index in [9.17, 15) is 0 Å². The lowest BCUT2D eigenvalue weighted by atomic mass is 10.1. The first-order valence-electron chi connectivity index (χ1n) is 8.20. The monoisotopic (exact) mass is 323 g/mol. The predicted octanol–water partition coefficient (Wildman–Crippen LogP) is 5.17. The average Bonchev–Trinajstić information content (AvgIpc) is 2.95. The summed E-state index contributed by atoms with van der Waals surface area (Å²) < 4.78 is 6.51. The third-order valence-corrected chi connectivity index (χ3v) is 5.73. The maximum absolute atomic E-state index is 6.51. The Morgan fingerprint density at radius 3 is 2.87 bits per heavy atom. The second-order valence-electron chi connectivity index (χ2n) is 6.16. The van der Waals surface area contributed by atoms with Crippen LogP contribution in [0.15, 0.2) is 48.5 Å². The Kier molecular flexibility index (Phi) is 3.83. The Balaban J connectivity index is 1.72. The van der Waals surface area contributed by atoms with Crippen LogP contribution in [0.5, 0.6) is 5.75 Å². The molecule has 0 saturated carbocycles. The minimum atomic E-state index is 0.128. The van der Waals surface area contributed by atoms with Crippen molar-refractivity contribution in [1.82, 2.24) is 4.90 Å². The molecule has 0 amide bonds. The lowest BCUT2D eigenvalue weighted by Gasteiger charge is -2.32. The van der Waals surface area contributed by atoms with E-state index >= 15 is 0 Å². The van der Waals surface area contributed by atoms with Crippen molar-refractivity contribution in [2.75, 3.05) is 13.1 Å². The molecule has 1 aliphatic rings. The molecule has 2 nitrogen and oxygen atoms in total. The van der Waals surface area contributed by atoms with Gasteiger partial charge in [0.2, 0.25) is 0 Å². The summed E-state index contributed by atoms with van der Waals surface area (Å²) in [7, 11) is 0. The summed E-state index contributed by atoms with van der Waals surface area (Å²) in [6.07, 6.45) is 0.128. The molecular formula is C20H21NOS. The fourth-order valence-corrected chi connectivity index (χ4v) is 4.44. The second kappa shape index (κ2) is 5.99. The molecule has 0 aliphatic carbocycles. The highest BCUT2D eigenvalue weighted by Gasteiger charge is 2.28. The van der Waals surface area contributed by atoms with Crippen LogP contribution in [0.2, 0.25) is 0 Å². The van der Waals surface area contributed by atoms with E-state index in [0.29, 0.717) is 0 Å². The maximum Gasteiger partial charge on any atom is 0.146 e. The van der Waals surface area contributed by atoms with Crippen LogP contribution in [-0.2, 0) is 6.54 Å². The van der Waals surface area contributed by atoms with Gasteiger partial charge in [0, 0.05) is 23.4 Å². The van der Waals surface area contributed by atoms with E-state index in [0.717, 1.165) is 25.4 Å². The summed E-state index contributed by atoms with van der Waals surface area (Å²) in [5.41, 5.74) is 1.44. The fraction of sp³-hybridized carbons (Fsp3) is 0.300. The van der Waals surface area contributed by atoms with Gasteiger partial charge in [-0.05, 0) is 36.6 Å². The normalized spacial score (nSPS) is 18.1. The Hall–Kier alpha value is -1.84. The average molecular weight is 323 g/mol. The van der Waals surface area contributed by atoms with E-state index in [-0.39, 0.29) is 6.10 Å². The van der Waals surface area contributed by atoms with Crippen LogP contribution in [0.25, 0.3) is 10.8 Å². The van der Waals surface area contributed by atoms with Gasteiger partial charge in [0.15, 0.2) is 0 Å². The van der Waals surface area contributed by atoms with E-state index in [1.807, 2.05) is 11.3 Å². The molecule has 23 heavy (non-hydrogen) atoms. The van der Waals surface area contributed by atoms with Crippen LogP contribution in [0.3, 0.4) is 0 Å². The van der Waals surface area contributed by atoms with Gasteiger partial charge in [0.25, 0.3) is 0 Å². The molecule has 0 spiro atoms. The van der Waals surface area contributed by atoms with Gasteiger partial charge in [-0.15, -0.1) is 11.3 Å². The van der Waals surface area contributed by atoms with Crippen LogP contribution in [-0.4, -0.2) is 18.0 Å². The highest BCUT2D eigenvalue weighted by atomic mass is 32.1. The minimum absolute atomic E-state index is 0.128. The lowest BCUT2D eigenvalue weighted by molar-refractivity contribution is 0.120.